The van der Waals surface area contributed by atoms with E-state index in [0.717, 1.165) is 24.0 Å². The second-order valence-corrected chi connectivity index (χ2v) is 8.26. The Morgan fingerprint density at radius 3 is 2.24 bits per heavy atom. The normalized spacial score (nSPS) is 17.4. The molecule has 0 saturated carbocycles. The van der Waals surface area contributed by atoms with E-state index in [2.05, 4.69) is 39.8 Å². The van der Waals surface area contributed by atoms with Gasteiger partial charge in [-0.2, -0.15) is 0 Å². The van der Waals surface area contributed by atoms with Gasteiger partial charge in [-0.3, -0.25) is 4.79 Å². The molecule has 0 aromatic rings. The van der Waals surface area contributed by atoms with Crippen LogP contribution in [0.4, 0.5) is 0 Å². The van der Waals surface area contributed by atoms with Gasteiger partial charge in [-0.05, 0) is 63.0 Å². The van der Waals surface area contributed by atoms with Crippen LogP contribution in [0.5, 0.6) is 0 Å². The predicted octanol–water partition coefficient (Wildman–Crippen LogP) is 6.86. The summed E-state index contributed by atoms with van der Waals surface area (Å²) in [6.07, 6.45) is 17.1. The maximum absolute atomic E-state index is 10.5. The van der Waals surface area contributed by atoms with Crippen molar-refractivity contribution < 1.29 is 19.8 Å². The molecule has 0 fully saturated rings. The van der Waals surface area contributed by atoms with Crippen molar-refractivity contribution in [1.29, 1.82) is 0 Å². The Hall–Kier alpha value is -2.36. The monoisotopic (exact) mass is 402 g/mol. The first-order chi connectivity index (χ1) is 13.5. The summed E-state index contributed by atoms with van der Waals surface area (Å²) in [5, 5.41) is 16.7. The van der Waals surface area contributed by atoms with Crippen LogP contribution in [-0.4, -0.2) is 22.2 Å². The Morgan fingerprint density at radius 2 is 1.76 bits per heavy atom. The number of carboxylic acid groups (broad SMARTS) is 2. The Kier molecular flexibility index (Phi) is 12.6. The highest BCUT2D eigenvalue weighted by Gasteiger charge is 2.26. The van der Waals surface area contributed by atoms with Gasteiger partial charge in [-0.15, -0.1) is 0 Å². The van der Waals surface area contributed by atoms with Crippen LogP contribution in [-0.2, 0) is 9.59 Å². The third-order valence-corrected chi connectivity index (χ3v) is 4.87. The van der Waals surface area contributed by atoms with E-state index in [1.54, 1.807) is 13.0 Å². The fraction of sp³-hybridized carbons (Fsp3) is 0.520. The van der Waals surface area contributed by atoms with E-state index in [0.29, 0.717) is 6.42 Å². The number of hydrogen-bond acceptors (Lipinski definition) is 2. The van der Waals surface area contributed by atoms with Crippen LogP contribution in [0.3, 0.4) is 0 Å². The Labute approximate surface area is 176 Å². The molecule has 0 amide bonds. The first-order valence-electron chi connectivity index (χ1n) is 10.4. The van der Waals surface area contributed by atoms with Gasteiger partial charge in [0.1, 0.15) is 0 Å². The first-order valence-corrected chi connectivity index (χ1v) is 10.4. The van der Waals surface area contributed by atoms with E-state index in [9.17, 15) is 9.59 Å². The zero-order chi connectivity index (χ0) is 22.4. The summed E-state index contributed by atoms with van der Waals surface area (Å²) in [6, 6.07) is 0. The maximum atomic E-state index is 10.5. The minimum atomic E-state index is -0.912. The fourth-order valence-corrected chi connectivity index (χ4v) is 3.20. The van der Waals surface area contributed by atoms with E-state index in [1.807, 2.05) is 19.1 Å². The highest BCUT2D eigenvalue weighted by Crippen LogP contribution is 2.40. The molecule has 0 heterocycles. The molecular formula is C25H38O4. The average Bonchev–Trinajstić information content (AvgIpc) is 2.58. The molecule has 0 saturated heterocycles. The minimum absolute atomic E-state index is 0.260. The number of unbranched alkanes of at least 4 members (excludes halogenated alkanes) is 1. The topological polar surface area (TPSA) is 74.6 Å². The van der Waals surface area contributed by atoms with E-state index in [4.69, 9.17) is 10.2 Å². The van der Waals surface area contributed by atoms with Gasteiger partial charge in [-0.25, -0.2) is 4.79 Å². The number of allylic oxidation sites excluding steroid dienone is 9. The van der Waals surface area contributed by atoms with E-state index < -0.39 is 11.9 Å². The predicted molar refractivity (Wildman–Crippen MR) is 121 cm³/mol. The maximum Gasteiger partial charge on any atom is 0.328 e. The third kappa shape index (κ3) is 12.7. The van der Waals surface area contributed by atoms with E-state index in [1.165, 1.54) is 36.5 Å². The van der Waals surface area contributed by atoms with Crippen LogP contribution in [0.25, 0.3) is 0 Å². The number of rotatable bonds is 8. The highest BCUT2D eigenvalue weighted by atomic mass is 16.4. The Morgan fingerprint density at radius 1 is 1.10 bits per heavy atom. The van der Waals surface area contributed by atoms with Crippen LogP contribution < -0.4 is 0 Å². The van der Waals surface area contributed by atoms with Crippen molar-refractivity contribution in [2.24, 2.45) is 5.41 Å². The average molecular weight is 403 g/mol. The highest BCUT2D eigenvalue weighted by molar-refractivity contribution is 5.81. The summed E-state index contributed by atoms with van der Waals surface area (Å²) in [7, 11) is 0. The summed E-state index contributed by atoms with van der Waals surface area (Å²) in [4.78, 5) is 20.3. The minimum Gasteiger partial charge on any atom is -0.481 e. The van der Waals surface area contributed by atoms with Gasteiger partial charge in [-0.1, -0.05) is 68.7 Å². The first kappa shape index (κ1) is 26.6. The fourth-order valence-electron chi connectivity index (χ4n) is 3.20. The number of carboxylic acids is 2. The standard InChI is InChI=1S/C20H28O2.C5H10O2/c1-15(8-6-9-16(2)14-19(21)22)11-12-18-17(3)10-7-13-20(18,4)5;1-2-3-4-5(6)7/h6,8-9,11-12,14H,7,10,13H2,1-5H3,(H,21,22);2-4H2,1H3,(H,6,7)/b9-6+,12-11+,15-8+,16-14+;. The zero-order valence-electron chi connectivity index (χ0n) is 18.9. The van der Waals surface area contributed by atoms with E-state index in [-0.39, 0.29) is 5.41 Å². The van der Waals surface area contributed by atoms with Crippen molar-refractivity contribution in [1.82, 2.24) is 0 Å². The molecule has 4 nitrogen and oxygen atoms in total. The summed E-state index contributed by atoms with van der Waals surface area (Å²) in [6.45, 7) is 12.7. The SMILES string of the molecule is CC1=C(/C=C/C(C)=C/C=C/C(C)=C/C(=O)O)C(C)(C)CCC1.CCCCC(=O)O. The molecule has 0 atom stereocenters. The Balaban J connectivity index is 0.000000956. The summed E-state index contributed by atoms with van der Waals surface area (Å²) >= 11 is 0. The molecule has 0 spiro atoms. The molecule has 1 rings (SSSR count). The summed E-state index contributed by atoms with van der Waals surface area (Å²) < 4.78 is 0. The van der Waals surface area contributed by atoms with Gasteiger partial charge in [0.05, 0.1) is 0 Å². The molecule has 162 valence electrons. The number of hydrogen-bond donors (Lipinski definition) is 2. The number of aliphatic carboxylic acids is 2. The summed E-state index contributed by atoms with van der Waals surface area (Å²) in [5.41, 5.74) is 5.09. The lowest BCUT2D eigenvalue weighted by molar-refractivity contribution is -0.137. The lowest BCUT2D eigenvalue weighted by atomic mass is 9.72. The Bertz CT molecular complexity index is 700. The molecule has 29 heavy (non-hydrogen) atoms. The second-order valence-electron chi connectivity index (χ2n) is 8.26. The van der Waals surface area contributed by atoms with E-state index >= 15 is 0 Å². The van der Waals surface area contributed by atoms with Gasteiger partial charge < -0.3 is 10.2 Å². The molecule has 0 radical (unpaired) electrons. The van der Waals surface area contributed by atoms with Crippen molar-refractivity contribution in [2.75, 3.05) is 0 Å². The zero-order valence-corrected chi connectivity index (χ0v) is 18.9. The summed E-state index contributed by atoms with van der Waals surface area (Å²) in [5.74, 6) is -1.61. The lowest BCUT2D eigenvalue weighted by Crippen LogP contribution is -2.19. The molecule has 0 bridgehead atoms. The van der Waals surface area contributed by atoms with Crippen LogP contribution in [0.2, 0.25) is 0 Å². The van der Waals surface area contributed by atoms with Gasteiger partial charge in [0.2, 0.25) is 0 Å². The van der Waals surface area contributed by atoms with Gasteiger partial charge in [0, 0.05) is 12.5 Å². The molecule has 2 N–H and O–H groups in total. The molecule has 0 aromatic heterocycles. The molecule has 1 aliphatic carbocycles. The number of carbonyl (C=O) groups is 2. The molecule has 1 aliphatic rings. The van der Waals surface area contributed by atoms with Crippen molar-refractivity contribution >= 4 is 11.9 Å². The molecular weight excluding hydrogens is 364 g/mol. The largest absolute Gasteiger partial charge is 0.481 e. The third-order valence-electron chi connectivity index (χ3n) is 4.87. The van der Waals surface area contributed by atoms with Crippen LogP contribution in [0, 0.1) is 5.41 Å². The van der Waals surface area contributed by atoms with Crippen LogP contribution in [0.15, 0.2) is 58.7 Å². The van der Waals surface area contributed by atoms with Crippen LogP contribution in [0.1, 0.15) is 80.1 Å². The second kappa shape index (κ2) is 13.8. The van der Waals surface area contributed by atoms with Gasteiger partial charge in [0.15, 0.2) is 0 Å². The van der Waals surface area contributed by atoms with Crippen molar-refractivity contribution in [3.63, 3.8) is 0 Å². The molecule has 0 unspecified atom stereocenters. The quantitative estimate of drug-likeness (QED) is 0.343. The van der Waals surface area contributed by atoms with Gasteiger partial charge in [0.25, 0.3) is 0 Å². The van der Waals surface area contributed by atoms with Crippen molar-refractivity contribution in [3.8, 4) is 0 Å². The van der Waals surface area contributed by atoms with Crippen LogP contribution >= 0.6 is 0 Å². The molecule has 4 heteroatoms. The van der Waals surface area contributed by atoms with Crippen molar-refractivity contribution in [2.45, 2.75) is 80.1 Å². The molecule has 0 aliphatic heterocycles. The smallest absolute Gasteiger partial charge is 0.328 e. The van der Waals surface area contributed by atoms with Crippen molar-refractivity contribution in [3.05, 3.63) is 58.7 Å². The van der Waals surface area contributed by atoms with Gasteiger partial charge >= 0.3 is 11.9 Å². The molecule has 0 aromatic carbocycles. The lowest BCUT2D eigenvalue weighted by Gasteiger charge is -2.32.